The van der Waals surface area contributed by atoms with E-state index < -0.39 is 0 Å². The molecule has 0 heterocycles. The molecule has 0 aromatic heterocycles. The minimum Gasteiger partial charge on any atom is -0.382 e. The Labute approximate surface area is 122 Å². The Hall–Kier alpha value is -0.490. The molecule has 0 spiro atoms. The summed E-state index contributed by atoms with van der Waals surface area (Å²) < 4.78 is 24.0. The third kappa shape index (κ3) is 7.62. The summed E-state index contributed by atoms with van der Waals surface area (Å²) in [4.78, 5) is 0. The molecule has 0 radical (unpaired) electrons. The molecule has 19 heavy (non-hydrogen) atoms. The predicted molar refractivity (Wildman–Crippen MR) is 77.7 cm³/mol. The van der Waals surface area contributed by atoms with E-state index in [0.29, 0.717) is 24.2 Å². The van der Waals surface area contributed by atoms with Gasteiger partial charge in [0.05, 0.1) is 17.7 Å². The van der Waals surface area contributed by atoms with E-state index in [-0.39, 0.29) is 5.82 Å². The van der Waals surface area contributed by atoms with E-state index in [4.69, 9.17) is 9.47 Å². The molecule has 0 aliphatic carbocycles. The van der Waals surface area contributed by atoms with Crippen LogP contribution in [-0.4, -0.2) is 33.5 Å². The standard InChI is InChI=1S/C14H21BrFNO2/c1-18-8-9-19-7-3-2-6-17-11-12-4-5-13(15)14(16)10-12/h4-5,10,17H,2-3,6-9,11H2,1H3. The molecule has 1 aromatic carbocycles. The predicted octanol–water partition coefficient (Wildman–Crippen LogP) is 3.12. The Bertz CT molecular complexity index is 363. The van der Waals surface area contributed by atoms with Crippen molar-refractivity contribution in [1.82, 2.24) is 5.32 Å². The minimum absolute atomic E-state index is 0.217. The highest BCUT2D eigenvalue weighted by atomic mass is 79.9. The summed E-state index contributed by atoms with van der Waals surface area (Å²) >= 11 is 3.14. The van der Waals surface area contributed by atoms with Crippen molar-refractivity contribution in [3.8, 4) is 0 Å². The summed E-state index contributed by atoms with van der Waals surface area (Å²) in [5, 5.41) is 3.29. The second kappa shape index (κ2) is 10.3. The molecule has 5 heteroatoms. The SMILES string of the molecule is COCCOCCCCNCc1ccc(Br)c(F)c1. The van der Waals surface area contributed by atoms with E-state index in [1.54, 1.807) is 19.2 Å². The van der Waals surface area contributed by atoms with E-state index in [2.05, 4.69) is 21.2 Å². The molecule has 0 amide bonds. The summed E-state index contributed by atoms with van der Waals surface area (Å²) in [5.74, 6) is -0.217. The van der Waals surface area contributed by atoms with E-state index in [0.717, 1.165) is 31.6 Å². The average molecular weight is 334 g/mol. The maximum absolute atomic E-state index is 13.3. The minimum atomic E-state index is -0.217. The highest BCUT2D eigenvalue weighted by molar-refractivity contribution is 9.10. The van der Waals surface area contributed by atoms with E-state index in [1.165, 1.54) is 0 Å². The van der Waals surface area contributed by atoms with Crippen molar-refractivity contribution in [1.29, 1.82) is 0 Å². The molecule has 0 aliphatic rings. The summed E-state index contributed by atoms with van der Waals surface area (Å²) in [6, 6.07) is 5.19. The Morgan fingerprint density at radius 2 is 2.05 bits per heavy atom. The quantitative estimate of drug-likeness (QED) is 0.667. The van der Waals surface area contributed by atoms with Crippen molar-refractivity contribution >= 4 is 15.9 Å². The van der Waals surface area contributed by atoms with Gasteiger partial charge >= 0.3 is 0 Å². The molecular weight excluding hydrogens is 313 g/mol. The van der Waals surface area contributed by atoms with Gasteiger partial charge in [-0.15, -0.1) is 0 Å². The third-order valence-corrected chi connectivity index (χ3v) is 3.28. The molecule has 0 atom stereocenters. The van der Waals surface area contributed by atoms with E-state index in [9.17, 15) is 4.39 Å². The Morgan fingerprint density at radius 1 is 1.21 bits per heavy atom. The van der Waals surface area contributed by atoms with Crippen LogP contribution in [0, 0.1) is 5.82 Å². The number of methoxy groups -OCH3 is 1. The second-order valence-electron chi connectivity index (χ2n) is 4.24. The van der Waals surface area contributed by atoms with E-state index in [1.807, 2.05) is 6.07 Å². The van der Waals surface area contributed by atoms with Crippen LogP contribution in [0.1, 0.15) is 18.4 Å². The molecule has 3 nitrogen and oxygen atoms in total. The van der Waals surface area contributed by atoms with Gasteiger partial charge in [0.1, 0.15) is 5.82 Å². The molecule has 1 N–H and O–H groups in total. The molecule has 108 valence electrons. The van der Waals surface area contributed by atoms with Crippen molar-refractivity contribution in [2.45, 2.75) is 19.4 Å². The monoisotopic (exact) mass is 333 g/mol. The molecule has 0 saturated heterocycles. The highest BCUT2D eigenvalue weighted by Crippen LogP contribution is 2.16. The van der Waals surface area contributed by atoms with Crippen LogP contribution in [0.15, 0.2) is 22.7 Å². The Balaban J connectivity index is 2.00. The fourth-order valence-corrected chi connectivity index (χ4v) is 1.83. The Morgan fingerprint density at radius 3 is 2.79 bits per heavy atom. The normalized spacial score (nSPS) is 10.9. The van der Waals surface area contributed by atoms with Gasteiger partial charge in [-0.05, 0) is 53.0 Å². The molecule has 0 fully saturated rings. The summed E-state index contributed by atoms with van der Waals surface area (Å²) in [6.07, 6.45) is 2.07. The fraction of sp³-hybridized carbons (Fsp3) is 0.571. The molecule has 0 saturated carbocycles. The smallest absolute Gasteiger partial charge is 0.137 e. The van der Waals surface area contributed by atoms with Gasteiger partial charge in [0.25, 0.3) is 0 Å². The number of hydrogen-bond acceptors (Lipinski definition) is 3. The van der Waals surface area contributed by atoms with E-state index >= 15 is 0 Å². The summed E-state index contributed by atoms with van der Waals surface area (Å²) in [7, 11) is 1.66. The van der Waals surface area contributed by atoms with Crippen LogP contribution in [0.4, 0.5) is 4.39 Å². The molecule has 0 bridgehead atoms. The first-order chi connectivity index (χ1) is 9.24. The Kier molecular flexibility index (Phi) is 8.99. The first kappa shape index (κ1) is 16.6. The molecule has 0 unspecified atom stereocenters. The van der Waals surface area contributed by atoms with Crippen molar-refractivity contribution in [3.63, 3.8) is 0 Å². The lowest BCUT2D eigenvalue weighted by molar-refractivity contribution is 0.0688. The first-order valence-corrected chi connectivity index (χ1v) is 7.24. The number of rotatable bonds is 10. The largest absolute Gasteiger partial charge is 0.382 e. The fourth-order valence-electron chi connectivity index (χ4n) is 1.58. The third-order valence-electron chi connectivity index (χ3n) is 2.64. The highest BCUT2D eigenvalue weighted by Gasteiger charge is 2.00. The maximum atomic E-state index is 13.3. The number of halogens is 2. The average Bonchev–Trinajstić information content (AvgIpc) is 2.41. The van der Waals surface area contributed by atoms with Gasteiger partial charge in [-0.25, -0.2) is 4.39 Å². The van der Waals surface area contributed by atoms with Gasteiger partial charge < -0.3 is 14.8 Å². The van der Waals surface area contributed by atoms with Crippen LogP contribution in [0.3, 0.4) is 0 Å². The van der Waals surface area contributed by atoms with Gasteiger partial charge in [0, 0.05) is 20.3 Å². The zero-order chi connectivity index (χ0) is 13.9. The molecule has 0 aliphatic heterocycles. The van der Waals surface area contributed by atoms with Crippen LogP contribution in [0.5, 0.6) is 0 Å². The number of benzene rings is 1. The topological polar surface area (TPSA) is 30.5 Å². The zero-order valence-electron chi connectivity index (χ0n) is 11.3. The lowest BCUT2D eigenvalue weighted by atomic mass is 10.2. The first-order valence-electron chi connectivity index (χ1n) is 6.45. The van der Waals surface area contributed by atoms with Crippen molar-refractivity contribution < 1.29 is 13.9 Å². The van der Waals surface area contributed by atoms with Crippen molar-refractivity contribution in [2.75, 3.05) is 33.5 Å². The van der Waals surface area contributed by atoms with Crippen LogP contribution < -0.4 is 5.32 Å². The lowest BCUT2D eigenvalue weighted by Gasteiger charge is -2.06. The number of nitrogens with one attached hydrogen (secondary N) is 1. The molecule has 1 rings (SSSR count). The van der Waals surface area contributed by atoms with Gasteiger partial charge in [0.2, 0.25) is 0 Å². The van der Waals surface area contributed by atoms with Gasteiger partial charge in [-0.2, -0.15) is 0 Å². The number of ether oxygens (including phenoxy) is 2. The lowest BCUT2D eigenvalue weighted by Crippen LogP contribution is -2.15. The zero-order valence-corrected chi connectivity index (χ0v) is 12.8. The second-order valence-corrected chi connectivity index (χ2v) is 5.09. The van der Waals surface area contributed by atoms with Crippen molar-refractivity contribution in [2.24, 2.45) is 0 Å². The van der Waals surface area contributed by atoms with Gasteiger partial charge in [-0.1, -0.05) is 6.07 Å². The van der Waals surface area contributed by atoms with Crippen LogP contribution in [0.25, 0.3) is 0 Å². The maximum Gasteiger partial charge on any atom is 0.137 e. The van der Waals surface area contributed by atoms with Crippen LogP contribution >= 0.6 is 15.9 Å². The summed E-state index contributed by atoms with van der Waals surface area (Å²) in [6.45, 7) is 3.66. The van der Waals surface area contributed by atoms with Crippen LogP contribution in [0.2, 0.25) is 0 Å². The molecule has 1 aromatic rings. The molecular formula is C14H21BrFNO2. The van der Waals surface area contributed by atoms with Crippen molar-refractivity contribution in [3.05, 3.63) is 34.1 Å². The summed E-state index contributed by atoms with van der Waals surface area (Å²) in [5.41, 5.74) is 0.956. The van der Waals surface area contributed by atoms with Crippen LogP contribution in [-0.2, 0) is 16.0 Å². The number of hydrogen-bond donors (Lipinski definition) is 1. The van der Waals surface area contributed by atoms with Gasteiger partial charge in [0.15, 0.2) is 0 Å². The number of unbranched alkanes of at least 4 members (excludes halogenated alkanes) is 1. The van der Waals surface area contributed by atoms with Gasteiger partial charge in [-0.3, -0.25) is 0 Å².